The van der Waals surface area contributed by atoms with Crippen molar-refractivity contribution < 1.29 is 9.59 Å². The van der Waals surface area contributed by atoms with E-state index in [0.29, 0.717) is 13.1 Å². The van der Waals surface area contributed by atoms with Crippen molar-refractivity contribution >= 4 is 11.8 Å². The zero-order chi connectivity index (χ0) is 11.4. The molecule has 0 aliphatic carbocycles. The normalized spacial score (nSPS) is 17.9. The Labute approximate surface area is 91.2 Å². The molecule has 4 heteroatoms. The maximum atomic E-state index is 11.7. The molecule has 1 saturated heterocycles. The molecule has 15 heavy (non-hydrogen) atoms. The fourth-order valence-corrected chi connectivity index (χ4v) is 1.82. The number of hydrogen-bond donors (Lipinski definition) is 0. The fraction of sp³-hybridized carbons (Fsp3) is 0.818. The Morgan fingerprint density at radius 3 is 2.07 bits per heavy atom. The fourth-order valence-electron chi connectivity index (χ4n) is 1.82. The van der Waals surface area contributed by atoms with Gasteiger partial charge in [-0.1, -0.05) is 13.8 Å². The van der Waals surface area contributed by atoms with Crippen LogP contribution in [-0.4, -0.2) is 47.8 Å². The van der Waals surface area contributed by atoms with Gasteiger partial charge in [0.05, 0.1) is 0 Å². The molecule has 1 rings (SSSR count). The maximum absolute atomic E-state index is 11.7. The molecule has 0 aromatic carbocycles. The third kappa shape index (κ3) is 3.22. The largest absolute Gasteiger partial charge is 0.341 e. The maximum Gasteiger partial charge on any atom is 0.225 e. The van der Waals surface area contributed by atoms with Crippen LogP contribution >= 0.6 is 0 Å². The van der Waals surface area contributed by atoms with Crippen LogP contribution in [0.3, 0.4) is 0 Å². The lowest BCUT2D eigenvalue weighted by molar-refractivity contribution is -0.135. The predicted molar refractivity (Wildman–Crippen MR) is 58.3 cm³/mol. The standard InChI is InChI=1S/C11H20N2O2/c1-9(2)11(15)13-6-4-5-12(7-8-13)10(3)14/h9H,4-8H2,1-3H3. The van der Waals surface area contributed by atoms with Crippen molar-refractivity contribution in [3.05, 3.63) is 0 Å². The van der Waals surface area contributed by atoms with Crippen molar-refractivity contribution in [3.8, 4) is 0 Å². The summed E-state index contributed by atoms with van der Waals surface area (Å²) in [5.41, 5.74) is 0. The van der Waals surface area contributed by atoms with E-state index in [4.69, 9.17) is 0 Å². The van der Waals surface area contributed by atoms with Crippen molar-refractivity contribution in [1.82, 2.24) is 9.80 Å². The third-order valence-electron chi connectivity index (χ3n) is 2.75. The summed E-state index contributed by atoms with van der Waals surface area (Å²) in [6.45, 7) is 8.31. The topological polar surface area (TPSA) is 40.6 Å². The quantitative estimate of drug-likeness (QED) is 0.642. The van der Waals surface area contributed by atoms with E-state index in [1.807, 2.05) is 23.6 Å². The molecule has 0 spiro atoms. The summed E-state index contributed by atoms with van der Waals surface area (Å²) in [6.07, 6.45) is 0.887. The van der Waals surface area contributed by atoms with E-state index in [0.717, 1.165) is 19.5 Å². The minimum atomic E-state index is 0.0499. The SMILES string of the molecule is CC(=O)N1CCCN(C(=O)C(C)C)CC1. The molecule has 0 bridgehead atoms. The second-order valence-corrected chi connectivity index (χ2v) is 4.34. The summed E-state index contributed by atoms with van der Waals surface area (Å²) >= 11 is 0. The molecular formula is C11H20N2O2. The summed E-state index contributed by atoms with van der Waals surface area (Å²) in [7, 11) is 0. The lowest BCUT2D eigenvalue weighted by atomic mass is 10.2. The monoisotopic (exact) mass is 212 g/mol. The molecule has 1 aliphatic heterocycles. The second-order valence-electron chi connectivity index (χ2n) is 4.34. The van der Waals surface area contributed by atoms with Crippen molar-refractivity contribution in [2.45, 2.75) is 27.2 Å². The van der Waals surface area contributed by atoms with Crippen molar-refractivity contribution in [2.24, 2.45) is 5.92 Å². The molecule has 1 heterocycles. The van der Waals surface area contributed by atoms with Crippen LogP contribution in [0.1, 0.15) is 27.2 Å². The van der Waals surface area contributed by atoms with Crippen LogP contribution in [-0.2, 0) is 9.59 Å². The highest BCUT2D eigenvalue weighted by Crippen LogP contribution is 2.07. The first-order chi connectivity index (χ1) is 7.02. The van der Waals surface area contributed by atoms with Gasteiger partial charge in [-0.3, -0.25) is 9.59 Å². The van der Waals surface area contributed by atoms with Gasteiger partial charge in [-0.05, 0) is 6.42 Å². The Morgan fingerprint density at radius 2 is 1.53 bits per heavy atom. The molecular weight excluding hydrogens is 192 g/mol. The van der Waals surface area contributed by atoms with E-state index in [2.05, 4.69) is 0 Å². The Kier molecular flexibility index (Phi) is 4.12. The Bertz CT molecular complexity index is 251. The van der Waals surface area contributed by atoms with Gasteiger partial charge in [0.2, 0.25) is 11.8 Å². The van der Waals surface area contributed by atoms with Gasteiger partial charge in [-0.2, -0.15) is 0 Å². The Morgan fingerprint density at radius 1 is 1.00 bits per heavy atom. The van der Waals surface area contributed by atoms with Crippen LogP contribution in [0.5, 0.6) is 0 Å². The van der Waals surface area contributed by atoms with Gasteiger partial charge >= 0.3 is 0 Å². The van der Waals surface area contributed by atoms with Gasteiger partial charge in [0.15, 0.2) is 0 Å². The van der Waals surface area contributed by atoms with E-state index in [9.17, 15) is 9.59 Å². The highest BCUT2D eigenvalue weighted by Gasteiger charge is 2.21. The van der Waals surface area contributed by atoms with Crippen LogP contribution < -0.4 is 0 Å². The zero-order valence-corrected chi connectivity index (χ0v) is 9.82. The molecule has 1 aliphatic rings. The van der Waals surface area contributed by atoms with E-state index in [1.54, 1.807) is 6.92 Å². The average Bonchev–Trinajstić information content (AvgIpc) is 2.41. The van der Waals surface area contributed by atoms with Gasteiger partial charge in [-0.15, -0.1) is 0 Å². The van der Waals surface area contributed by atoms with Crippen molar-refractivity contribution in [1.29, 1.82) is 0 Å². The van der Waals surface area contributed by atoms with Crippen molar-refractivity contribution in [2.75, 3.05) is 26.2 Å². The molecule has 0 atom stereocenters. The van der Waals surface area contributed by atoms with Crippen molar-refractivity contribution in [3.63, 3.8) is 0 Å². The van der Waals surface area contributed by atoms with Gasteiger partial charge in [0.25, 0.3) is 0 Å². The molecule has 0 unspecified atom stereocenters. The van der Waals surface area contributed by atoms with Crippen LogP contribution in [0.15, 0.2) is 0 Å². The molecule has 0 radical (unpaired) electrons. The first-order valence-corrected chi connectivity index (χ1v) is 5.56. The Balaban J connectivity index is 2.52. The van der Waals surface area contributed by atoms with E-state index < -0.39 is 0 Å². The number of rotatable bonds is 1. The summed E-state index contributed by atoms with van der Waals surface area (Å²) in [5.74, 6) is 0.350. The molecule has 0 aromatic rings. The number of carbonyl (C=O) groups excluding carboxylic acids is 2. The second kappa shape index (κ2) is 5.14. The third-order valence-corrected chi connectivity index (χ3v) is 2.75. The zero-order valence-electron chi connectivity index (χ0n) is 9.82. The average molecular weight is 212 g/mol. The molecule has 86 valence electrons. The first kappa shape index (κ1) is 12.0. The predicted octanol–water partition coefficient (Wildman–Crippen LogP) is 0.723. The highest BCUT2D eigenvalue weighted by atomic mass is 16.2. The first-order valence-electron chi connectivity index (χ1n) is 5.56. The summed E-state index contributed by atoms with van der Waals surface area (Å²) in [5, 5.41) is 0. The van der Waals surface area contributed by atoms with E-state index in [1.165, 1.54) is 0 Å². The smallest absolute Gasteiger partial charge is 0.225 e. The van der Waals surface area contributed by atoms with Gasteiger partial charge in [0, 0.05) is 39.0 Å². The summed E-state index contributed by atoms with van der Waals surface area (Å²) < 4.78 is 0. The summed E-state index contributed by atoms with van der Waals surface area (Å²) in [4.78, 5) is 26.6. The van der Waals surface area contributed by atoms with E-state index >= 15 is 0 Å². The van der Waals surface area contributed by atoms with Crippen LogP contribution in [0.25, 0.3) is 0 Å². The molecule has 0 aromatic heterocycles. The molecule has 1 fully saturated rings. The molecule has 0 saturated carbocycles. The minimum absolute atomic E-state index is 0.0499. The Hall–Kier alpha value is -1.06. The molecule has 4 nitrogen and oxygen atoms in total. The van der Waals surface area contributed by atoms with E-state index in [-0.39, 0.29) is 17.7 Å². The lowest BCUT2D eigenvalue weighted by Gasteiger charge is -2.22. The van der Waals surface area contributed by atoms with Crippen LogP contribution in [0, 0.1) is 5.92 Å². The van der Waals surface area contributed by atoms with Crippen LogP contribution in [0.2, 0.25) is 0 Å². The van der Waals surface area contributed by atoms with Gasteiger partial charge < -0.3 is 9.80 Å². The number of carbonyl (C=O) groups is 2. The lowest BCUT2D eigenvalue weighted by Crippen LogP contribution is -2.38. The summed E-state index contributed by atoms with van der Waals surface area (Å²) in [6, 6.07) is 0. The number of amides is 2. The van der Waals surface area contributed by atoms with Crippen LogP contribution in [0.4, 0.5) is 0 Å². The van der Waals surface area contributed by atoms with Gasteiger partial charge in [-0.25, -0.2) is 0 Å². The minimum Gasteiger partial charge on any atom is -0.341 e. The number of nitrogens with zero attached hydrogens (tertiary/aromatic N) is 2. The molecule has 2 amide bonds. The number of hydrogen-bond acceptors (Lipinski definition) is 2. The van der Waals surface area contributed by atoms with Gasteiger partial charge in [0.1, 0.15) is 0 Å². The molecule has 0 N–H and O–H groups in total. The highest BCUT2D eigenvalue weighted by molar-refractivity contribution is 5.78.